The van der Waals surface area contributed by atoms with E-state index in [1.165, 1.54) is 18.3 Å². The van der Waals surface area contributed by atoms with E-state index in [1.54, 1.807) is 12.1 Å². The third-order valence-electron chi connectivity index (χ3n) is 3.93. The molecule has 0 atom stereocenters. The van der Waals surface area contributed by atoms with Gasteiger partial charge in [0.25, 0.3) is 10.0 Å². The lowest BCUT2D eigenvalue weighted by molar-refractivity contribution is 0.555. The molecule has 0 spiro atoms. The first kappa shape index (κ1) is 17.8. The van der Waals surface area contributed by atoms with Gasteiger partial charge in [0.2, 0.25) is 0 Å². The highest BCUT2D eigenvalue weighted by Crippen LogP contribution is 2.24. The number of aromatic amines is 1. The predicted molar refractivity (Wildman–Crippen MR) is 98.7 cm³/mol. The maximum absolute atomic E-state index is 13.8. The van der Waals surface area contributed by atoms with Crippen LogP contribution >= 0.6 is 0 Å². The van der Waals surface area contributed by atoms with Crippen molar-refractivity contribution < 1.29 is 17.2 Å². The van der Waals surface area contributed by atoms with Crippen molar-refractivity contribution in [3.63, 3.8) is 0 Å². The Kier molecular flexibility index (Phi) is 4.15. The minimum atomic E-state index is -4.29. The van der Waals surface area contributed by atoms with Crippen molar-refractivity contribution in [2.75, 3.05) is 10.5 Å². The summed E-state index contributed by atoms with van der Waals surface area (Å²) in [5, 5.41) is 7.12. The fourth-order valence-corrected chi connectivity index (χ4v) is 3.70. The summed E-state index contributed by atoms with van der Waals surface area (Å²) in [4.78, 5) is 7.73. The number of hydrogen-bond donors (Lipinski definition) is 3. The molecule has 142 valence electrons. The van der Waals surface area contributed by atoms with Crippen LogP contribution in [0.3, 0.4) is 0 Å². The Labute approximate surface area is 157 Å². The van der Waals surface area contributed by atoms with Gasteiger partial charge < -0.3 is 5.73 Å². The van der Waals surface area contributed by atoms with Crippen LogP contribution in [-0.2, 0) is 10.0 Å². The minimum Gasteiger partial charge on any atom is -0.382 e. The van der Waals surface area contributed by atoms with Crippen LogP contribution in [0.1, 0.15) is 0 Å². The Morgan fingerprint density at radius 2 is 1.82 bits per heavy atom. The van der Waals surface area contributed by atoms with E-state index >= 15 is 0 Å². The molecule has 0 saturated heterocycles. The smallest absolute Gasteiger partial charge is 0.264 e. The summed E-state index contributed by atoms with van der Waals surface area (Å²) in [7, 11) is -4.29. The second-order valence-electron chi connectivity index (χ2n) is 5.82. The molecule has 4 N–H and O–H groups in total. The Bertz CT molecular complexity index is 1290. The molecule has 4 aromatic rings. The molecule has 0 aliphatic rings. The van der Waals surface area contributed by atoms with E-state index in [4.69, 9.17) is 5.73 Å². The molecule has 0 saturated carbocycles. The van der Waals surface area contributed by atoms with Crippen molar-refractivity contribution in [3.05, 3.63) is 60.3 Å². The van der Waals surface area contributed by atoms with Crippen LogP contribution in [0.2, 0.25) is 0 Å². The summed E-state index contributed by atoms with van der Waals surface area (Å²) in [6.45, 7) is 0. The number of fused-ring (bicyclic) bond motifs is 1. The number of nitrogens with two attached hydrogens (primary N) is 1. The number of hydrogen-bond acceptors (Lipinski definition) is 6. The van der Waals surface area contributed by atoms with Crippen molar-refractivity contribution in [1.82, 2.24) is 20.2 Å². The van der Waals surface area contributed by atoms with Gasteiger partial charge in [0.05, 0.1) is 5.39 Å². The number of anilines is 2. The van der Waals surface area contributed by atoms with E-state index in [1.807, 2.05) is 0 Å². The van der Waals surface area contributed by atoms with Gasteiger partial charge in [-0.05, 0) is 42.5 Å². The lowest BCUT2D eigenvalue weighted by atomic mass is 10.2. The van der Waals surface area contributed by atoms with Crippen LogP contribution < -0.4 is 10.5 Å². The van der Waals surface area contributed by atoms with Crippen molar-refractivity contribution in [2.24, 2.45) is 0 Å². The molecular formula is C17H12F2N6O2S. The molecule has 8 nitrogen and oxygen atoms in total. The lowest BCUT2D eigenvalue weighted by Gasteiger charge is -2.09. The Morgan fingerprint density at radius 3 is 2.57 bits per heavy atom. The van der Waals surface area contributed by atoms with E-state index in [2.05, 4.69) is 24.9 Å². The highest BCUT2D eigenvalue weighted by Gasteiger charge is 2.20. The van der Waals surface area contributed by atoms with Crippen LogP contribution in [-0.4, -0.2) is 28.6 Å². The van der Waals surface area contributed by atoms with Gasteiger partial charge in [-0.25, -0.2) is 27.2 Å². The van der Waals surface area contributed by atoms with E-state index in [-0.39, 0.29) is 11.5 Å². The van der Waals surface area contributed by atoms with Gasteiger partial charge in [-0.15, -0.1) is 0 Å². The van der Waals surface area contributed by atoms with Gasteiger partial charge in [0.1, 0.15) is 16.5 Å². The summed E-state index contributed by atoms with van der Waals surface area (Å²) in [6, 6.07) is 8.29. The first-order chi connectivity index (χ1) is 13.3. The topological polar surface area (TPSA) is 127 Å². The molecule has 2 aromatic heterocycles. The van der Waals surface area contributed by atoms with Crippen molar-refractivity contribution in [1.29, 1.82) is 0 Å². The molecule has 11 heteroatoms. The van der Waals surface area contributed by atoms with E-state index in [0.717, 1.165) is 12.1 Å². The number of rotatable bonds is 4. The van der Waals surface area contributed by atoms with E-state index in [9.17, 15) is 17.2 Å². The molecule has 0 aliphatic carbocycles. The van der Waals surface area contributed by atoms with Gasteiger partial charge in [0, 0.05) is 17.4 Å². The van der Waals surface area contributed by atoms with Gasteiger partial charge in [0.15, 0.2) is 17.3 Å². The molecular weight excluding hydrogens is 390 g/mol. The number of H-pyrrole nitrogens is 1. The summed E-state index contributed by atoms with van der Waals surface area (Å²) < 4.78 is 53.9. The quantitative estimate of drug-likeness (QED) is 0.482. The highest BCUT2D eigenvalue weighted by molar-refractivity contribution is 7.92. The zero-order valence-corrected chi connectivity index (χ0v) is 14.8. The third kappa shape index (κ3) is 3.22. The van der Waals surface area contributed by atoms with Gasteiger partial charge in [-0.1, -0.05) is 0 Å². The second kappa shape index (κ2) is 6.53. The molecule has 0 bridgehead atoms. The molecule has 0 aliphatic heterocycles. The summed E-state index contributed by atoms with van der Waals surface area (Å²) in [5.41, 5.74) is 6.91. The number of sulfonamides is 1. The van der Waals surface area contributed by atoms with Crippen LogP contribution in [0, 0.1) is 11.6 Å². The monoisotopic (exact) mass is 402 g/mol. The fourth-order valence-electron chi connectivity index (χ4n) is 2.55. The average molecular weight is 402 g/mol. The van der Waals surface area contributed by atoms with Crippen molar-refractivity contribution >= 4 is 32.6 Å². The minimum absolute atomic E-state index is 0.166. The largest absolute Gasteiger partial charge is 0.382 e. The van der Waals surface area contributed by atoms with E-state index in [0.29, 0.717) is 28.5 Å². The Balaban J connectivity index is 1.61. The van der Waals surface area contributed by atoms with Crippen LogP contribution in [0.15, 0.2) is 53.6 Å². The number of benzene rings is 2. The standard InChI is InChI=1S/C17H12F2N6O2S/c18-10-3-6-13(19)14(7-10)28(26,27)25-11-4-1-9(2-5-11)16-21-8-12-15(20)23-24-17(12)22-16/h1-8,25H,(H3,20,21,22,23,24). The van der Waals surface area contributed by atoms with Gasteiger partial charge in [-0.3, -0.25) is 9.82 Å². The SMILES string of the molecule is Nc1n[nH]c2nc(-c3ccc(NS(=O)(=O)c4cc(F)ccc4F)cc3)ncc12. The number of nitrogen functional groups attached to an aromatic ring is 1. The van der Waals surface area contributed by atoms with Gasteiger partial charge >= 0.3 is 0 Å². The molecule has 28 heavy (non-hydrogen) atoms. The number of nitrogens with zero attached hydrogens (tertiary/aromatic N) is 3. The zero-order valence-electron chi connectivity index (χ0n) is 14.0. The molecule has 2 heterocycles. The van der Waals surface area contributed by atoms with Crippen LogP contribution in [0.25, 0.3) is 22.4 Å². The molecule has 0 amide bonds. The predicted octanol–water partition coefficient (Wildman–Crippen LogP) is 2.68. The van der Waals surface area contributed by atoms with Crippen LogP contribution in [0.5, 0.6) is 0 Å². The lowest BCUT2D eigenvalue weighted by Crippen LogP contribution is -2.14. The molecule has 0 fully saturated rings. The Morgan fingerprint density at radius 1 is 1.07 bits per heavy atom. The normalized spacial score (nSPS) is 11.6. The first-order valence-corrected chi connectivity index (χ1v) is 9.37. The highest BCUT2D eigenvalue weighted by atomic mass is 32.2. The fraction of sp³-hybridized carbons (Fsp3) is 0. The van der Waals surface area contributed by atoms with Crippen LogP contribution in [0.4, 0.5) is 20.3 Å². The van der Waals surface area contributed by atoms with Crippen molar-refractivity contribution in [3.8, 4) is 11.4 Å². The first-order valence-electron chi connectivity index (χ1n) is 7.88. The van der Waals surface area contributed by atoms with Crippen molar-refractivity contribution in [2.45, 2.75) is 4.90 Å². The number of nitrogens with one attached hydrogen (secondary N) is 2. The zero-order chi connectivity index (χ0) is 19.9. The number of halogens is 2. The molecule has 4 rings (SSSR count). The summed E-state index contributed by atoms with van der Waals surface area (Å²) in [6.07, 6.45) is 1.53. The summed E-state index contributed by atoms with van der Waals surface area (Å²) >= 11 is 0. The van der Waals surface area contributed by atoms with Gasteiger partial charge in [-0.2, -0.15) is 5.10 Å². The summed E-state index contributed by atoms with van der Waals surface area (Å²) in [5.74, 6) is -1.24. The average Bonchev–Trinajstić information content (AvgIpc) is 3.04. The Hall–Kier alpha value is -3.60. The molecule has 2 aromatic carbocycles. The molecule has 0 radical (unpaired) electrons. The third-order valence-corrected chi connectivity index (χ3v) is 5.32. The second-order valence-corrected chi connectivity index (χ2v) is 7.47. The molecule has 0 unspecified atom stereocenters. The number of aromatic nitrogens is 4. The maximum atomic E-state index is 13.8. The maximum Gasteiger partial charge on any atom is 0.264 e. The van der Waals surface area contributed by atoms with E-state index < -0.39 is 26.6 Å².